The molecule has 0 radical (unpaired) electrons. The molecule has 3 rings (SSSR count). The fourth-order valence-electron chi connectivity index (χ4n) is 4.42. The van der Waals surface area contributed by atoms with E-state index in [1.54, 1.807) is 0 Å². The number of piperidine rings is 1. The van der Waals surface area contributed by atoms with E-state index in [-0.39, 0.29) is 0 Å². The Kier molecular flexibility index (Phi) is 7.53. The second kappa shape index (κ2) is 9.86. The van der Waals surface area contributed by atoms with Crippen molar-refractivity contribution in [1.82, 2.24) is 14.9 Å². The van der Waals surface area contributed by atoms with Crippen molar-refractivity contribution in [2.75, 3.05) is 31.6 Å². The van der Waals surface area contributed by atoms with E-state index >= 15 is 0 Å². The van der Waals surface area contributed by atoms with Crippen LogP contribution in [-0.2, 0) is 0 Å². The summed E-state index contributed by atoms with van der Waals surface area (Å²) in [4.78, 5) is 13.8. The van der Waals surface area contributed by atoms with Crippen molar-refractivity contribution in [1.29, 1.82) is 0 Å². The van der Waals surface area contributed by atoms with E-state index in [1.807, 2.05) is 12.4 Å². The first-order valence-electron chi connectivity index (χ1n) is 10.1. The lowest BCUT2D eigenvalue weighted by Gasteiger charge is -2.34. The summed E-state index contributed by atoms with van der Waals surface area (Å²) in [7, 11) is 2.15. The highest BCUT2D eigenvalue weighted by atomic mass is 79.9. The number of unbranched alkanes of at least 4 members (excludes halogenated alkanes) is 1. The van der Waals surface area contributed by atoms with Crippen LogP contribution in [0, 0.1) is 5.92 Å². The summed E-state index contributed by atoms with van der Waals surface area (Å²) >= 11 is 3.41. The van der Waals surface area contributed by atoms with Gasteiger partial charge in [-0.3, -0.25) is 0 Å². The molecule has 1 saturated carbocycles. The Labute approximate surface area is 161 Å². The lowest BCUT2D eigenvalue weighted by Crippen LogP contribution is -2.36. The van der Waals surface area contributed by atoms with Crippen LogP contribution in [0.15, 0.2) is 16.9 Å². The third-order valence-electron chi connectivity index (χ3n) is 6.07. The molecule has 5 heteroatoms. The van der Waals surface area contributed by atoms with Gasteiger partial charge in [0.2, 0.25) is 5.95 Å². The van der Waals surface area contributed by atoms with Gasteiger partial charge in [0.1, 0.15) is 0 Å². The number of hydrogen-bond donors (Lipinski definition) is 0. The van der Waals surface area contributed by atoms with E-state index < -0.39 is 0 Å². The van der Waals surface area contributed by atoms with Crippen molar-refractivity contribution in [3.63, 3.8) is 0 Å². The zero-order chi connectivity index (χ0) is 17.5. The molecule has 0 atom stereocenters. The maximum atomic E-state index is 4.44. The summed E-state index contributed by atoms with van der Waals surface area (Å²) in [5, 5.41) is 0. The fraction of sp³-hybridized carbons (Fsp3) is 0.800. The van der Waals surface area contributed by atoms with Crippen LogP contribution in [0.3, 0.4) is 0 Å². The number of nitrogens with zero attached hydrogens (tertiary/aromatic N) is 4. The quantitative estimate of drug-likeness (QED) is 0.601. The zero-order valence-corrected chi connectivity index (χ0v) is 17.3. The molecule has 140 valence electrons. The first kappa shape index (κ1) is 19.1. The molecule has 2 heterocycles. The SMILES string of the molecule is CN(c1ncc(Br)cn1)C1CCC(CCCCN2CCCCC2)CC1. The van der Waals surface area contributed by atoms with Crippen LogP contribution >= 0.6 is 15.9 Å². The molecule has 0 N–H and O–H groups in total. The monoisotopic (exact) mass is 408 g/mol. The van der Waals surface area contributed by atoms with Crippen LogP contribution < -0.4 is 4.90 Å². The third-order valence-corrected chi connectivity index (χ3v) is 6.48. The topological polar surface area (TPSA) is 32.3 Å². The van der Waals surface area contributed by atoms with Gasteiger partial charge >= 0.3 is 0 Å². The highest BCUT2D eigenvalue weighted by molar-refractivity contribution is 9.10. The molecule has 25 heavy (non-hydrogen) atoms. The average Bonchev–Trinajstić information content (AvgIpc) is 2.67. The van der Waals surface area contributed by atoms with Gasteiger partial charge in [0.05, 0.1) is 4.47 Å². The van der Waals surface area contributed by atoms with Crippen molar-refractivity contribution in [3.05, 3.63) is 16.9 Å². The fourth-order valence-corrected chi connectivity index (χ4v) is 4.63. The smallest absolute Gasteiger partial charge is 0.225 e. The van der Waals surface area contributed by atoms with Gasteiger partial charge in [0, 0.05) is 25.5 Å². The number of aromatic nitrogens is 2. The lowest BCUT2D eigenvalue weighted by molar-refractivity contribution is 0.219. The molecule has 1 aromatic rings. The molecular weight excluding hydrogens is 376 g/mol. The maximum absolute atomic E-state index is 4.44. The predicted octanol–water partition coefficient (Wildman–Crippen LogP) is 4.89. The minimum atomic E-state index is 0.603. The minimum absolute atomic E-state index is 0.603. The van der Waals surface area contributed by atoms with Crippen LogP contribution in [0.1, 0.15) is 64.2 Å². The summed E-state index contributed by atoms with van der Waals surface area (Å²) in [6.45, 7) is 4.02. The van der Waals surface area contributed by atoms with Gasteiger partial charge in [-0.2, -0.15) is 0 Å². The molecule has 0 bridgehead atoms. The van der Waals surface area contributed by atoms with Crippen molar-refractivity contribution < 1.29 is 0 Å². The molecule has 1 aliphatic heterocycles. The molecule has 2 fully saturated rings. The third kappa shape index (κ3) is 5.92. The van der Waals surface area contributed by atoms with Gasteiger partial charge in [0.25, 0.3) is 0 Å². The Morgan fingerprint density at radius 3 is 2.40 bits per heavy atom. The normalized spacial score (nSPS) is 25.0. The summed E-state index contributed by atoms with van der Waals surface area (Å²) < 4.78 is 0.943. The first-order chi connectivity index (χ1) is 12.2. The maximum Gasteiger partial charge on any atom is 0.225 e. The van der Waals surface area contributed by atoms with Crippen LogP contribution in [0.5, 0.6) is 0 Å². The van der Waals surface area contributed by atoms with Gasteiger partial charge in [-0.1, -0.05) is 19.3 Å². The molecule has 0 unspecified atom stereocenters. The Morgan fingerprint density at radius 2 is 1.72 bits per heavy atom. The van der Waals surface area contributed by atoms with Crippen molar-refractivity contribution in [2.24, 2.45) is 5.92 Å². The highest BCUT2D eigenvalue weighted by Gasteiger charge is 2.25. The van der Waals surface area contributed by atoms with Gasteiger partial charge in [-0.05, 0) is 86.4 Å². The molecule has 0 spiro atoms. The van der Waals surface area contributed by atoms with E-state index in [0.717, 1.165) is 16.3 Å². The second-order valence-corrected chi connectivity index (χ2v) is 8.80. The van der Waals surface area contributed by atoms with Gasteiger partial charge in [-0.15, -0.1) is 0 Å². The van der Waals surface area contributed by atoms with E-state index in [2.05, 4.69) is 42.7 Å². The number of rotatable bonds is 7. The lowest BCUT2D eigenvalue weighted by atomic mass is 9.82. The largest absolute Gasteiger partial charge is 0.341 e. The molecule has 2 aliphatic rings. The van der Waals surface area contributed by atoms with E-state index in [1.165, 1.54) is 83.8 Å². The number of hydrogen-bond acceptors (Lipinski definition) is 4. The minimum Gasteiger partial charge on any atom is -0.341 e. The molecule has 1 aromatic heterocycles. The predicted molar refractivity (Wildman–Crippen MR) is 108 cm³/mol. The first-order valence-corrected chi connectivity index (χ1v) is 10.9. The average molecular weight is 409 g/mol. The summed E-state index contributed by atoms with van der Waals surface area (Å²) in [5.41, 5.74) is 0. The van der Waals surface area contributed by atoms with Gasteiger partial charge in [-0.25, -0.2) is 9.97 Å². The van der Waals surface area contributed by atoms with E-state index in [0.29, 0.717) is 6.04 Å². The van der Waals surface area contributed by atoms with E-state index in [4.69, 9.17) is 0 Å². The van der Waals surface area contributed by atoms with Crippen molar-refractivity contribution in [2.45, 2.75) is 70.3 Å². The van der Waals surface area contributed by atoms with Gasteiger partial charge in [0.15, 0.2) is 0 Å². The summed E-state index contributed by atoms with van der Waals surface area (Å²) in [6, 6.07) is 0.603. The summed E-state index contributed by atoms with van der Waals surface area (Å²) in [6.07, 6.45) is 17.5. The molecule has 4 nitrogen and oxygen atoms in total. The molecule has 1 saturated heterocycles. The Hall–Kier alpha value is -0.680. The molecule has 0 aromatic carbocycles. The van der Waals surface area contributed by atoms with Crippen molar-refractivity contribution in [3.8, 4) is 0 Å². The molecular formula is C20H33BrN4. The zero-order valence-electron chi connectivity index (χ0n) is 15.7. The number of halogens is 1. The van der Waals surface area contributed by atoms with Gasteiger partial charge < -0.3 is 9.80 Å². The Balaban J connectivity index is 1.32. The summed E-state index contributed by atoms with van der Waals surface area (Å²) in [5.74, 6) is 1.80. The van der Waals surface area contributed by atoms with Crippen LogP contribution in [0.2, 0.25) is 0 Å². The van der Waals surface area contributed by atoms with Crippen LogP contribution in [0.25, 0.3) is 0 Å². The Morgan fingerprint density at radius 1 is 1.04 bits per heavy atom. The number of likely N-dealkylation sites (tertiary alicyclic amines) is 1. The Bertz CT molecular complexity index is 493. The van der Waals surface area contributed by atoms with Crippen LogP contribution in [-0.4, -0.2) is 47.6 Å². The standard InChI is InChI=1S/C20H33BrN4/c1-24(20-22-15-18(21)16-23-20)19-10-8-17(9-11-19)7-3-6-14-25-12-4-2-5-13-25/h15-17,19H,2-14H2,1H3. The number of anilines is 1. The van der Waals surface area contributed by atoms with E-state index in [9.17, 15) is 0 Å². The van der Waals surface area contributed by atoms with Crippen molar-refractivity contribution >= 4 is 21.9 Å². The van der Waals surface area contributed by atoms with Crippen LogP contribution in [0.4, 0.5) is 5.95 Å². The highest BCUT2D eigenvalue weighted by Crippen LogP contribution is 2.31. The molecule has 0 amide bonds. The molecule has 1 aliphatic carbocycles. The second-order valence-electron chi connectivity index (χ2n) is 7.88.